The fourth-order valence-electron chi connectivity index (χ4n) is 2.38. The molecule has 0 aliphatic carbocycles. The Bertz CT molecular complexity index is 831. The van der Waals surface area contributed by atoms with Crippen molar-refractivity contribution in [1.29, 1.82) is 0 Å². The van der Waals surface area contributed by atoms with Crippen LogP contribution in [0.25, 0.3) is 0 Å². The lowest BCUT2D eigenvalue weighted by atomic mass is 10.2. The van der Waals surface area contributed by atoms with Gasteiger partial charge in [-0.05, 0) is 71.4 Å². The number of rotatable bonds is 6. The van der Waals surface area contributed by atoms with Gasteiger partial charge in [0.1, 0.15) is 17.3 Å². The summed E-state index contributed by atoms with van der Waals surface area (Å²) in [4.78, 5) is 18.9. The average Bonchev–Trinajstić information content (AvgIpc) is 3.06. The first-order chi connectivity index (χ1) is 12.2. The normalized spacial score (nSPS) is 10.5. The number of amides is 1. The summed E-state index contributed by atoms with van der Waals surface area (Å²) in [6, 6.07) is 16.2. The number of anilines is 1. The van der Waals surface area contributed by atoms with Crippen molar-refractivity contribution in [3.8, 4) is 5.75 Å². The van der Waals surface area contributed by atoms with Gasteiger partial charge in [0, 0.05) is 11.8 Å². The molecule has 0 N–H and O–H groups in total. The molecule has 0 bridgehead atoms. The highest BCUT2D eigenvalue weighted by Crippen LogP contribution is 2.22. The minimum absolute atomic E-state index is 0.158. The van der Waals surface area contributed by atoms with Gasteiger partial charge in [0.05, 0.1) is 13.2 Å². The third kappa shape index (κ3) is 4.28. The van der Waals surface area contributed by atoms with Gasteiger partial charge in [-0.1, -0.05) is 6.07 Å². The van der Waals surface area contributed by atoms with E-state index in [1.165, 1.54) is 0 Å². The molecule has 0 fully saturated rings. The number of nitrogens with zero attached hydrogens (tertiary/aromatic N) is 2. The smallest absolute Gasteiger partial charge is 0.259 e. The molecule has 0 atom stereocenters. The standard InChI is InChI=1S/C19H17BrN2O3/c1-2-24-15-8-6-14(7-9-15)19(23)22(18-5-3-4-12-21-18)13-16-10-11-17(20)25-16/h3-12H,2,13H2,1H3. The molecule has 0 saturated carbocycles. The first kappa shape index (κ1) is 17.2. The SMILES string of the molecule is CCOc1ccc(C(=O)N(Cc2ccc(Br)o2)c2ccccn2)cc1. The summed E-state index contributed by atoms with van der Waals surface area (Å²) in [5, 5.41) is 0. The van der Waals surface area contributed by atoms with Crippen LogP contribution in [0.5, 0.6) is 5.75 Å². The van der Waals surface area contributed by atoms with Crippen LogP contribution >= 0.6 is 15.9 Å². The number of pyridine rings is 1. The van der Waals surface area contributed by atoms with Crippen molar-refractivity contribution in [3.63, 3.8) is 0 Å². The summed E-state index contributed by atoms with van der Waals surface area (Å²) in [6.45, 7) is 2.79. The van der Waals surface area contributed by atoms with Crippen LogP contribution in [0.4, 0.5) is 5.82 Å². The van der Waals surface area contributed by atoms with Gasteiger partial charge in [-0.15, -0.1) is 0 Å². The average molecular weight is 401 g/mol. The summed E-state index contributed by atoms with van der Waals surface area (Å²) in [5.41, 5.74) is 0.555. The van der Waals surface area contributed by atoms with Crippen molar-refractivity contribution in [2.45, 2.75) is 13.5 Å². The van der Waals surface area contributed by atoms with E-state index in [2.05, 4.69) is 20.9 Å². The van der Waals surface area contributed by atoms with Crippen molar-refractivity contribution in [1.82, 2.24) is 4.98 Å². The van der Waals surface area contributed by atoms with E-state index >= 15 is 0 Å². The van der Waals surface area contributed by atoms with E-state index in [0.717, 1.165) is 5.75 Å². The van der Waals surface area contributed by atoms with E-state index in [1.54, 1.807) is 47.5 Å². The quantitative estimate of drug-likeness (QED) is 0.602. The predicted molar refractivity (Wildman–Crippen MR) is 98.8 cm³/mol. The second-order valence-electron chi connectivity index (χ2n) is 5.24. The Hall–Kier alpha value is -2.60. The van der Waals surface area contributed by atoms with E-state index < -0.39 is 0 Å². The summed E-state index contributed by atoms with van der Waals surface area (Å²) in [7, 11) is 0. The summed E-state index contributed by atoms with van der Waals surface area (Å²) in [6.07, 6.45) is 1.66. The molecule has 0 aliphatic heterocycles. The molecule has 25 heavy (non-hydrogen) atoms. The Labute approximate surface area is 154 Å². The number of hydrogen-bond donors (Lipinski definition) is 0. The Morgan fingerprint density at radius 3 is 2.56 bits per heavy atom. The second-order valence-corrected chi connectivity index (χ2v) is 6.02. The number of aromatic nitrogens is 1. The van der Waals surface area contributed by atoms with Crippen LogP contribution in [0.3, 0.4) is 0 Å². The number of carbonyl (C=O) groups is 1. The molecule has 6 heteroatoms. The molecule has 2 heterocycles. The van der Waals surface area contributed by atoms with Crippen molar-refractivity contribution < 1.29 is 13.9 Å². The van der Waals surface area contributed by atoms with Gasteiger partial charge in [-0.25, -0.2) is 4.98 Å². The molecule has 128 valence electrons. The van der Waals surface area contributed by atoms with Crippen molar-refractivity contribution >= 4 is 27.7 Å². The lowest BCUT2D eigenvalue weighted by Crippen LogP contribution is -2.31. The van der Waals surface area contributed by atoms with E-state index in [-0.39, 0.29) is 12.5 Å². The Kier molecular flexibility index (Phi) is 5.50. The van der Waals surface area contributed by atoms with Crippen LogP contribution in [0.2, 0.25) is 0 Å². The maximum atomic E-state index is 13.0. The van der Waals surface area contributed by atoms with Crippen LogP contribution in [0, 0.1) is 0 Å². The number of carbonyl (C=O) groups excluding carboxylic acids is 1. The first-order valence-corrected chi connectivity index (χ1v) is 8.66. The van der Waals surface area contributed by atoms with Crippen LogP contribution in [-0.4, -0.2) is 17.5 Å². The number of halogens is 1. The van der Waals surface area contributed by atoms with E-state index in [4.69, 9.17) is 9.15 Å². The Balaban J connectivity index is 1.88. The molecule has 0 aliphatic rings. The molecule has 5 nitrogen and oxygen atoms in total. The van der Waals surface area contributed by atoms with E-state index in [9.17, 15) is 4.79 Å². The molecular weight excluding hydrogens is 384 g/mol. The van der Waals surface area contributed by atoms with Gasteiger partial charge in [0.25, 0.3) is 5.91 Å². The molecule has 3 aromatic rings. The molecular formula is C19H17BrN2O3. The molecule has 0 unspecified atom stereocenters. The molecule has 2 aromatic heterocycles. The third-order valence-electron chi connectivity index (χ3n) is 3.53. The molecule has 1 amide bonds. The van der Waals surface area contributed by atoms with Gasteiger partial charge in [0.15, 0.2) is 4.67 Å². The molecule has 1 aromatic carbocycles. The van der Waals surface area contributed by atoms with Gasteiger partial charge in [0.2, 0.25) is 0 Å². The minimum Gasteiger partial charge on any atom is -0.494 e. The van der Waals surface area contributed by atoms with Crippen LogP contribution < -0.4 is 9.64 Å². The van der Waals surface area contributed by atoms with Gasteiger partial charge >= 0.3 is 0 Å². The molecule has 0 radical (unpaired) electrons. The topological polar surface area (TPSA) is 55.6 Å². The van der Waals surface area contributed by atoms with E-state index in [0.29, 0.717) is 28.4 Å². The summed E-state index contributed by atoms with van der Waals surface area (Å²) < 4.78 is 11.6. The predicted octanol–water partition coefficient (Wildman–Crippen LogP) is 4.68. The molecule has 0 saturated heterocycles. The summed E-state index contributed by atoms with van der Waals surface area (Å²) >= 11 is 3.28. The third-order valence-corrected chi connectivity index (χ3v) is 3.95. The zero-order valence-electron chi connectivity index (χ0n) is 13.7. The fourth-order valence-corrected chi connectivity index (χ4v) is 2.72. The van der Waals surface area contributed by atoms with Gasteiger partial charge in [-0.3, -0.25) is 9.69 Å². The highest BCUT2D eigenvalue weighted by atomic mass is 79.9. The van der Waals surface area contributed by atoms with Gasteiger partial charge < -0.3 is 9.15 Å². The lowest BCUT2D eigenvalue weighted by molar-refractivity contribution is 0.0982. The zero-order valence-corrected chi connectivity index (χ0v) is 15.3. The van der Waals surface area contributed by atoms with Crippen LogP contribution in [-0.2, 0) is 6.54 Å². The monoisotopic (exact) mass is 400 g/mol. The van der Waals surface area contributed by atoms with Crippen LogP contribution in [0.1, 0.15) is 23.0 Å². The number of ether oxygens (including phenoxy) is 1. The maximum absolute atomic E-state index is 13.0. The summed E-state index contributed by atoms with van der Waals surface area (Å²) in [5.74, 6) is 1.80. The Morgan fingerprint density at radius 2 is 1.96 bits per heavy atom. The second kappa shape index (κ2) is 7.98. The first-order valence-electron chi connectivity index (χ1n) is 7.87. The van der Waals surface area contributed by atoms with Crippen molar-refractivity contribution in [2.75, 3.05) is 11.5 Å². The number of benzene rings is 1. The lowest BCUT2D eigenvalue weighted by Gasteiger charge is -2.21. The fraction of sp³-hybridized carbons (Fsp3) is 0.158. The highest BCUT2D eigenvalue weighted by Gasteiger charge is 2.20. The van der Waals surface area contributed by atoms with Crippen molar-refractivity contribution in [3.05, 3.63) is 76.8 Å². The largest absolute Gasteiger partial charge is 0.494 e. The molecule has 3 rings (SSSR count). The van der Waals surface area contributed by atoms with Crippen LogP contribution in [0.15, 0.2) is 69.9 Å². The molecule has 0 spiro atoms. The van der Waals surface area contributed by atoms with E-state index in [1.807, 2.05) is 25.1 Å². The highest BCUT2D eigenvalue weighted by molar-refractivity contribution is 9.10. The van der Waals surface area contributed by atoms with Gasteiger partial charge in [-0.2, -0.15) is 0 Å². The maximum Gasteiger partial charge on any atom is 0.259 e. The van der Waals surface area contributed by atoms with Crippen molar-refractivity contribution in [2.24, 2.45) is 0 Å². The minimum atomic E-state index is -0.158. The number of hydrogen-bond acceptors (Lipinski definition) is 4. The zero-order chi connectivity index (χ0) is 17.6. The Morgan fingerprint density at radius 1 is 1.16 bits per heavy atom. The number of furan rings is 1.